The molecule has 2 saturated heterocycles. The van der Waals surface area contributed by atoms with Crippen LogP contribution in [0.15, 0.2) is 71.8 Å². The van der Waals surface area contributed by atoms with Gasteiger partial charge in [0.2, 0.25) is 11.8 Å². The number of hydrogen-bond acceptors (Lipinski definition) is 10. The average molecular weight is 982 g/mol. The van der Waals surface area contributed by atoms with E-state index in [0.29, 0.717) is 73.1 Å². The van der Waals surface area contributed by atoms with Gasteiger partial charge in [-0.1, -0.05) is 6.08 Å². The summed E-state index contributed by atoms with van der Waals surface area (Å²) in [7, 11) is 3.51. The van der Waals surface area contributed by atoms with Gasteiger partial charge in [0.15, 0.2) is 11.6 Å². The number of hydrogen-bond donors (Lipinski definition) is 3. The maximum Gasteiger partial charge on any atom is 0.257 e. The molecule has 3 aromatic heterocycles. The van der Waals surface area contributed by atoms with Crippen LogP contribution in [0.1, 0.15) is 110 Å². The van der Waals surface area contributed by atoms with E-state index < -0.39 is 23.5 Å². The number of aryl methyl sites for hydroxylation is 2. The van der Waals surface area contributed by atoms with Gasteiger partial charge in [-0.2, -0.15) is 0 Å². The van der Waals surface area contributed by atoms with Crippen LogP contribution in [0.25, 0.3) is 22.3 Å². The van der Waals surface area contributed by atoms with Gasteiger partial charge < -0.3 is 30.1 Å². The predicted molar refractivity (Wildman–Crippen MR) is 275 cm³/mol. The molecule has 4 fully saturated rings. The Morgan fingerprint density at radius 2 is 1.68 bits per heavy atom. The molecule has 16 heteroatoms. The van der Waals surface area contributed by atoms with Crippen LogP contribution in [0.2, 0.25) is 0 Å². The average Bonchev–Trinajstić information content (AvgIpc) is 4.07. The molecule has 3 N–H and O–H groups in total. The number of aliphatic hydroxyl groups excluding tert-OH is 1. The van der Waals surface area contributed by atoms with Crippen molar-refractivity contribution in [2.24, 2.45) is 18.9 Å². The number of nitrogens with zero attached hydrogens (tertiary/aromatic N) is 7. The number of piperazine rings is 1. The van der Waals surface area contributed by atoms with E-state index in [4.69, 9.17) is 0 Å². The van der Waals surface area contributed by atoms with Crippen molar-refractivity contribution < 1.29 is 28.3 Å². The summed E-state index contributed by atoms with van der Waals surface area (Å²) in [6.45, 7) is 10.1. The number of aliphatic hydroxyl groups is 1. The second-order valence-corrected chi connectivity index (χ2v) is 21.4. The van der Waals surface area contributed by atoms with E-state index in [1.54, 1.807) is 24.2 Å². The summed E-state index contributed by atoms with van der Waals surface area (Å²) >= 11 is 0. The number of ketones is 1. The molecule has 14 nitrogen and oxygen atoms in total. The van der Waals surface area contributed by atoms with Crippen LogP contribution in [-0.2, 0) is 22.1 Å². The molecule has 5 aromatic rings. The van der Waals surface area contributed by atoms with E-state index in [1.807, 2.05) is 36.7 Å². The third-order valence-corrected chi connectivity index (χ3v) is 17.1. The van der Waals surface area contributed by atoms with Crippen LogP contribution in [0.5, 0.6) is 0 Å². The maximum absolute atomic E-state index is 16.1. The van der Waals surface area contributed by atoms with Crippen LogP contribution in [0.4, 0.5) is 25.8 Å². The van der Waals surface area contributed by atoms with Gasteiger partial charge in [0.1, 0.15) is 17.7 Å². The number of carbonyl (C=O) groups is 3. The molecule has 2 aliphatic carbocycles. The lowest BCUT2D eigenvalue weighted by atomic mass is 9.79. The van der Waals surface area contributed by atoms with Crippen molar-refractivity contribution in [2.75, 3.05) is 68.0 Å². The molecule has 2 amide bonds. The second-order valence-electron chi connectivity index (χ2n) is 21.4. The Kier molecular flexibility index (Phi) is 12.7. The van der Waals surface area contributed by atoms with Gasteiger partial charge in [-0.3, -0.25) is 33.5 Å². The van der Waals surface area contributed by atoms with Crippen molar-refractivity contribution >= 4 is 51.3 Å². The summed E-state index contributed by atoms with van der Waals surface area (Å²) in [5.74, 6) is -0.134. The summed E-state index contributed by atoms with van der Waals surface area (Å²) in [6.07, 6.45) is 11.4. The molecule has 7 heterocycles. The minimum Gasteiger partial charge on any atom is -0.386 e. The smallest absolute Gasteiger partial charge is 0.257 e. The standard InChI is InChI=1S/C56H65F2N9O5/c1-33-25-38(27-42(57)52(33)37-14-19-64(20-15-37)34(2)48-29-40-45(13-18-60-53(40)62(48)4)66-32-43(58)44(59-3)30-51(66)70)49(68)26-35-5-7-36(8-6-35)31-63-21-23-65(24-22-63)39-9-10-46-41(28-39)56(16-17-56)55(72)67(46)47-11-12-50(69)61-54(47)71/h9-10,13-14,18,25,27-30,32,34-36,47,54,59,71H,5-8,11-12,15-17,19-24,26,31H2,1-4H3,(H,61,69)/t34-,35?,36?,47?,54?/m0/s1. The highest BCUT2D eigenvalue weighted by Gasteiger charge is 2.61. The summed E-state index contributed by atoms with van der Waals surface area (Å²) in [4.78, 5) is 66.1. The lowest BCUT2D eigenvalue weighted by molar-refractivity contribution is -0.129. The normalized spacial score (nSPS) is 23.8. The Morgan fingerprint density at radius 1 is 0.917 bits per heavy atom. The molecule has 4 aliphatic heterocycles. The molecule has 0 bridgehead atoms. The molecule has 72 heavy (non-hydrogen) atoms. The van der Waals surface area contributed by atoms with E-state index in [-0.39, 0.29) is 40.7 Å². The number of fused-ring (bicyclic) bond motifs is 3. The number of carbonyl (C=O) groups excluding carboxylic acids is 3. The monoisotopic (exact) mass is 982 g/mol. The quantitative estimate of drug-likeness (QED) is 0.108. The first-order valence-corrected chi connectivity index (χ1v) is 26.0. The zero-order valence-electron chi connectivity index (χ0n) is 41.7. The zero-order valence-corrected chi connectivity index (χ0v) is 41.7. The highest BCUT2D eigenvalue weighted by atomic mass is 19.1. The van der Waals surface area contributed by atoms with E-state index in [2.05, 4.69) is 55.4 Å². The molecule has 2 aromatic carbocycles. The number of nitrogens with one attached hydrogen (secondary N) is 2. The molecular formula is C56H65F2N9O5. The predicted octanol–water partition coefficient (Wildman–Crippen LogP) is 7.38. The molecule has 3 atom stereocenters. The van der Waals surface area contributed by atoms with Crippen LogP contribution < -0.4 is 26.0 Å². The molecular weight excluding hydrogens is 917 g/mol. The summed E-state index contributed by atoms with van der Waals surface area (Å²) < 4.78 is 34.2. The fourth-order valence-electron chi connectivity index (χ4n) is 12.8. The lowest BCUT2D eigenvalue weighted by Gasteiger charge is -2.39. The molecule has 6 aliphatic rings. The highest BCUT2D eigenvalue weighted by molar-refractivity contribution is 6.11. The number of piperidine rings is 1. The number of aromatic nitrogens is 3. The molecule has 11 rings (SSSR count). The van der Waals surface area contributed by atoms with Crippen LogP contribution in [-0.4, -0.2) is 112 Å². The fourth-order valence-corrected chi connectivity index (χ4v) is 12.8. The van der Waals surface area contributed by atoms with Gasteiger partial charge in [-0.05, 0) is 136 Å². The van der Waals surface area contributed by atoms with Crippen molar-refractivity contribution in [1.29, 1.82) is 0 Å². The van der Waals surface area contributed by atoms with Gasteiger partial charge in [0, 0.05) is 125 Å². The zero-order chi connectivity index (χ0) is 50.2. The number of anilines is 3. The molecule has 1 spiro atoms. The summed E-state index contributed by atoms with van der Waals surface area (Å²) in [6, 6.07) is 14.2. The van der Waals surface area contributed by atoms with Gasteiger partial charge in [0.25, 0.3) is 5.56 Å². The van der Waals surface area contributed by atoms with E-state index >= 15 is 4.39 Å². The van der Waals surface area contributed by atoms with Crippen LogP contribution in [0, 0.1) is 30.4 Å². The number of Topliss-reactive ketones (excluding diaryl/α,β-unsaturated/α-hetero) is 1. The summed E-state index contributed by atoms with van der Waals surface area (Å²) in [5.41, 5.74) is 7.30. The Labute approximate surface area is 418 Å². The van der Waals surface area contributed by atoms with E-state index in [1.165, 1.54) is 22.9 Å². The number of rotatable bonds is 12. The van der Waals surface area contributed by atoms with Crippen molar-refractivity contribution in [3.63, 3.8) is 0 Å². The van der Waals surface area contributed by atoms with E-state index in [0.717, 1.165) is 110 Å². The van der Waals surface area contributed by atoms with Crippen LogP contribution in [0.3, 0.4) is 0 Å². The van der Waals surface area contributed by atoms with Crippen molar-refractivity contribution in [2.45, 2.75) is 102 Å². The molecule has 2 saturated carbocycles. The summed E-state index contributed by atoms with van der Waals surface area (Å²) in [5, 5.41) is 16.8. The van der Waals surface area contributed by atoms with Crippen molar-refractivity contribution in [1.82, 2.24) is 29.2 Å². The van der Waals surface area contributed by atoms with Gasteiger partial charge in [-0.25, -0.2) is 13.8 Å². The molecule has 0 radical (unpaired) electrons. The molecule has 378 valence electrons. The lowest BCUT2D eigenvalue weighted by Crippen LogP contribution is -2.57. The topological polar surface area (TPSA) is 148 Å². The van der Waals surface area contributed by atoms with Crippen molar-refractivity contribution in [3.05, 3.63) is 117 Å². The number of benzene rings is 2. The Hall–Kier alpha value is -6.23. The van der Waals surface area contributed by atoms with Crippen molar-refractivity contribution in [3.8, 4) is 5.69 Å². The third kappa shape index (κ3) is 8.62. The van der Waals surface area contributed by atoms with Crippen LogP contribution >= 0.6 is 0 Å². The fraction of sp³-hybridized carbons (Fsp3) is 0.482. The van der Waals surface area contributed by atoms with E-state index in [9.17, 15) is 28.7 Å². The highest BCUT2D eigenvalue weighted by Crippen LogP contribution is 2.59. The second kappa shape index (κ2) is 19.0. The Morgan fingerprint density at radius 3 is 2.38 bits per heavy atom. The Bertz CT molecular complexity index is 3050. The SMILES string of the molecule is CNc1cc(=O)n(-c2ccnc3c2cc([C@H](C)N2CC=C(c4c(C)cc(C(=O)CC5CCC(CN6CCN(c7ccc8c(c7)C7(CC7)C(=O)N8C7CCC(=O)NC7O)CC6)CC5)cc4F)CC2)n3C)cc1F. The largest absolute Gasteiger partial charge is 0.386 e. The number of pyridine rings is 2. The maximum atomic E-state index is 16.1. The van der Waals surface area contributed by atoms with Gasteiger partial charge >= 0.3 is 0 Å². The minimum absolute atomic E-state index is 0.00894. The minimum atomic E-state index is -1.07. The molecule has 2 unspecified atom stereocenters. The first-order chi connectivity index (χ1) is 34.7. The number of halogens is 2. The number of amides is 2. The first-order valence-electron chi connectivity index (χ1n) is 26.0. The first kappa shape index (κ1) is 48.1. The Balaban J connectivity index is 0.662. The van der Waals surface area contributed by atoms with Gasteiger partial charge in [-0.15, -0.1) is 0 Å². The third-order valence-electron chi connectivity index (χ3n) is 17.1. The van der Waals surface area contributed by atoms with Gasteiger partial charge in [0.05, 0.1) is 29.0 Å².